The Kier molecular flexibility index (Phi) is 48.5. The Morgan fingerprint density at radius 3 is 1.19 bits per heavy atom. The molecule has 0 saturated carbocycles. The van der Waals surface area contributed by atoms with Gasteiger partial charge in [-0.3, -0.25) is 23.4 Å². The Labute approximate surface area is 415 Å². The fourth-order valence-corrected chi connectivity index (χ4v) is 8.07. The summed E-state index contributed by atoms with van der Waals surface area (Å²) in [4.78, 5) is 48.3. The second-order valence-electron chi connectivity index (χ2n) is 18.0. The van der Waals surface area contributed by atoms with Crippen LogP contribution >= 0.6 is 7.82 Å². The van der Waals surface area contributed by atoms with Crippen LogP contribution in [-0.2, 0) is 42.2 Å². The normalized spacial score (nSPS) is 13.9. The van der Waals surface area contributed by atoms with Crippen LogP contribution in [0.2, 0.25) is 0 Å². The number of phosphoric ester groups is 1. The molecule has 11 nitrogen and oxygen atoms in total. The van der Waals surface area contributed by atoms with Crippen molar-refractivity contribution in [1.82, 2.24) is 0 Å². The van der Waals surface area contributed by atoms with Crippen LogP contribution in [-0.4, -0.2) is 66.5 Å². The molecular formula is C56H99O11P. The first-order valence-electron chi connectivity index (χ1n) is 27.2. The fourth-order valence-electron chi connectivity index (χ4n) is 7.28. The Balaban J connectivity index is 4.79. The minimum absolute atomic E-state index is 0.138. The number of aliphatic hydroxyl groups excluding tert-OH is 1. The van der Waals surface area contributed by atoms with Gasteiger partial charge in [0.2, 0.25) is 0 Å². The topological polar surface area (TPSA) is 155 Å². The van der Waals surface area contributed by atoms with Crippen LogP contribution < -0.4 is 0 Å². The van der Waals surface area contributed by atoms with E-state index in [9.17, 15) is 28.9 Å². The van der Waals surface area contributed by atoms with E-state index in [1.54, 1.807) is 0 Å². The first-order chi connectivity index (χ1) is 33.2. The number of allylic oxidation sites excluding steroid dienone is 10. The number of rotatable bonds is 50. The van der Waals surface area contributed by atoms with E-state index in [0.29, 0.717) is 19.3 Å². The molecule has 68 heavy (non-hydrogen) atoms. The molecule has 3 atom stereocenters. The van der Waals surface area contributed by atoms with Crippen LogP contribution in [0, 0.1) is 0 Å². The molecule has 12 heteroatoms. The zero-order valence-corrected chi connectivity index (χ0v) is 44.2. The van der Waals surface area contributed by atoms with E-state index in [-0.39, 0.29) is 25.9 Å². The van der Waals surface area contributed by atoms with Crippen LogP contribution in [0.25, 0.3) is 0 Å². The summed E-state index contributed by atoms with van der Waals surface area (Å²) in [5.74, 6) is -1.50. The summed E-state index contributed by atoms with van der Waals surface area (Å²) in [6.45, 7) is 4.46. The smallest absolute Gasteiger partial charge is 0.462 e. The largest absolute Gasteiger partial charge is 0.472 e. The predicted octanol–water partition coefficient (Wildman–Crippen LogP) is 15.6. The van der Waals surface area contributed by atoms with Crippen LogP contribution in [0.5, 0.6) is 0 Å². The summed E-state index contributed by atoms with van der Waals surface area (Å²) in [6, 6.07) is 0. The minimum Gasteiger partial charge on any atom is -0.462 e. The predicted molar refractivity (Wildman–Crippen MR) is 279 cm³/mol. The van der Waals surface area contributed by atoms with E-state index < -0.39 is 57.8 Å². The lowest BCUT2D eigenvalue weighted by Gasteiger charge is -2.21. The van der Waals surface area contributed by atoms with Gasteiger partial charge in [-0.05, 0) is 83.5 Å². The lowest BCUT2D eigenvalue weighted by atomic mass is 10.1. The van der Waals surface area contributed by atoms with Crippen molar-refractivity contribution in [2.24, 2.45) is 0 Å². The number of carbonyl (C=O) groups is 3. The molecule has 0 amide bonds. The van der Waals surface area contributed by atoms with E-state index in [2.05, 4.69) is 81.5 Å². The molecule has 0 saturated heterocycles. The molecule has 394 valence electrons. The van der Waals surface area contributed by atoms with Gasteiger partial charge in [0, 0.05) is 19.3 Å². The molecular weight excluding hydrogens is 880 g/mol. The van der Waals surface area contributed by atoms with Gasteiger partial charge in [0.25, 0.3) is 0 Å². The van der Waals surface area contributed by atoms with E-state index in [1.165, 1.54) is 70.6 Å². The number of phosphoric acid groups is 1. The van der Waals surface area contributed by atoms with Gasteiger partial charge in [0.1, 0.15) is 12.7 Å². The number of unbranched alkanes of at least 4 members (excludes halogenated alkanes) is 23. The molecule has 0 aliphatic heterocycles. The van der Waals surface area contributed by atoms with Crippen molar-refractivity contribution in [2.75, 3.05) is 26.4 Å². The molecule has 3 unspecified atom stereocenters. The molecule has 0 aromatic carbocycles. The monoisotopic (exact) mass is 979 g/mol. The summed E-state index contributed by atoms with van der Waals surface area (Å²) < 4.78 is 39.3. The van der Waals surface area contributed by atoms with Gasteiger partial charge >= 0.3 is 25.7 Å². The molecule has 0 spiro atoms. The molecule has 0 fully saturated rings. The third kappa shape index (κ3) is 48.2. The maximum atomic E-state index is 12.9. The molecule has 0 aliphatic carbocycles. The second-order valence-corrected chi connectivity index (χ2v) is 19.5. The molecule has 0 radical (unpaired) electrons. The van der Waals surface area contributed by atoms with Gasteiger partial charge in [-0.25, -0.2) is 4.57 Å². The van der Waals surface area contributed by atoms with Crippen LogP contribution in [0.1, 0.15) is 239 Å². The average Bonchev–Trinajstić information content (AvgIpc) is 3.32. The van der Waals surface area contributed by atoms with Crippen molar-refractivity contribution in [3.8, 4) is 0 Å². The molecule has 0 aliphatic rings. The number of hydrogen-bond acceptors (Lipinski definition) is 10. The summed E-state index contributed by atoms with van der Waals surface area (Å²) in [5, 5.41) is 9.75. The Bertz CT molecular complexity index is 1370. The van der Waals surface area contributed by atoms with Crippen molar-refractivity contribution in [1.29, 1.82) is 0 Å². The van der Waals surface area contributed by atoms with Crippen molar-refractivity contribution < 1.29 is 52.2 Å². The van der Waals surface area contributed by atoms with Crippen LogP contribution in [0.3, 0.4) is 0 Å². The summed E-state index contributed by atoms with van der Waals surface area (Å²) in [5.41, 5.74) is 0. The molecule has 0 aromatic heterocycles. The number of aliphatic hydroxyl groups is 1. The zero-order chi connectivity index (χ0) is 49.9. The lowest BCUT2D eigenvalue weighted by Crippen LogP contribution is -2.30. The molecule has 0 bridgehead atoms. The highest BCUT2D eigenvalue weighted by molar-refractivity contribution is 7.47. The van der Waals surface area contributed by atoms with Crippen LogP contribution in [0.4, 0.5) is 0 Å². The van der Waals surface area contributed by atoms with Gasteiger partial charge in [-0.15, -0.1) is 0 Å². The van der Waals surface area contributed by atoms with E-state index in [4.69, 9.17) is 23.3 Å². The van der Waals surface area contributed by atoms with Crippen molar-refractivity contribution in [3.63, 3.8) is 0 Å². The highest BCUT2D eigenvalue weighted by atomic mass is 31.2. The molecule has 2 N–H and O–H groups in total. The maximum absolute atomic E-state index is 12.9. The van der Waals surface area contributed by atoms with Gasteiger partial charge in [-0.2, -0.15) is 0 Å². The van der Waals surface area contributed by atoms with Gasteiger partial charge in [0.15, 0.2) is 6.10 Å². The zero-order valence-electron chi connectivity index (χ0n) is 43.3. The number of carbonyl (C=O) groups excluding carboxylic acids is 3. The van der Waals surface area contributed by atoms with E-state index in [0.717, 1.165) is 109 Å². The highest BCUT2D eigenvalue weighted by Gasteiger charge is 2.28. The first-order valence-corrected chi connectivity index (χ1v) is 28.7. The summed E-state index contributed by atoms with van der Waals surface area (Å²) in [6.07, 6.45) is 53.3. The quantitative estimate of drug-likeness (QED) is 0.0197. The maximum Gasteiger partial charge on any atom is 0.472 e. The molecule has 0 heterocycles. The Morgan fingerprint density at radius 2 is 0.765 bits per heavy atom. The average molecular weight is 979 g/mol. The van der Waals surface area contributed by atoms with Gasteiger partial charge in [-0.1, -0.05) is 197 Å². The third-order valence-electron chi connectivity index (χ3n) is 11.4. The lowest BCUT2D eigenvalue weighted by molar-refractivity contribution is -0.161. The van der Waals surface area contributed by atoms with E-state index in [1.807, 2.05) is 0 Å². The summed E-state index contributed by atoms with van der Waals surface area (Å²) >= 11 is 0. The van der Waals surface area contributed by atoms with Crippen molar-refractivity contribution in [2.45, 2.75) is 251 Å². The summed E-state index contributed by atoms with van der Waals surface area (Å²) in [7, 11) is -4.75. The van der Waals surface area contributed by atoms with Crippen LogP contribution in [0.15, 0.2) is 60.8 Å². The fraction of sp³-hybridized carbons (Fsp3) is 0.768. The number of ether oxygens (including phenoxy) is 3. The first kappa shape index (κ1) is 65.2. The van der Waals surface area contributed by atoms with E-state index >= 15 is 0 Å². The third-order valence-corrected chi connectivity index (χ3v) is 12.4. The van der Waals surface area contributed by atoms with Crippen molar-refractivity contribution >= 4 is 25.7 Å². The Hall–Kier alpha value is -2.82. The van der Waals surface area contributed by atoms with Crippen molar-refractivity contribution in [3.05, 3.63) is 60.8 Å². The second kappa shape index (κ2) is 50.6. The standard InChI is InChI=1S/C56H99O11P/c1-4-7-10-13-16-19-21-23-25-26-28-30-32-35-38-41-44-47-56(60)67-53(49-63-54(58)45-42-39-36-34-31-29-27-24-22-20-17-14-11-8-5-2)51-65-68(61,62)64-50-52(48-57)66-55(59)46-43-40-37-33-18-15-12-9-6-3/h7,10,16,19,23-25,27-28,30,52-53,57H,4-6,8-9,11-15,17-18,20-22,26,29,31-51H2,1-3H3,(H,61,62)/b10-7-,19-16-,25-23-,27-24-,30-28-. The minimum atomic E-state index is -4.75. The van der Waals surface area contributed by atoms with Gasteiger partial charge < -0.3 is 24.2 Å². The van der Waals surface area contributed by atoms with Gasteiger partial charge in [0.05, 0.1) is 19.8 Å². The Morgan fingerprint density at radius 1 is 0.426 bits per heavy atom. The number of hydrogen-bond donors (Lipinski definition) is 2. The molecule has 0 rings (SSSR count). The molecule has 0 aromatic rings. The highest BCUT2D eigenvalue weighted by Crippen LogP contribution is 2.43. The SMILES string of the molecule is CC/C=C\C/C=C\C/C=C\C/C=C\CCCCCCC(=O)OC(COC(=O)CCCCCCC/C=C\CCCCCCCC)COP(=O)(O)OCC(CO)OC(=O)CCCCCCCCCCC. The number of esters is 3.